The molecule has 0 bridgehead atoms. The predicted molar refractivity (Wildman–Crippen MR) is 73.1 cm³/mol. The molecule has 3 heteroatoms. The lowest BCUT2D eigenvalue weighted by Crippen LogP contribution is -2.22. The van der Waals surface area contributed by atoms with E-state index < -0.39 is 5.92 Å². The smallest absolute Gasteiger partial charge is 0.263 e. The molecule has 0 saturated heterocycles. The number of hydrogen-bond acceptors (Lipinski definition) is 1. The molecule has 0 amide bonds. The number of allylic oxidation sites excluding steroid dienone is 2. The van der Waals surface area contributed by atoms with Gasteiger partial charge in [-0.1, -0.05) is 32.8 Å². The summed E-state index contributed by atoms with van der Waals surface area (Å²) in [6, 6.07) is 0. The van der Waals surface area contributed by atoms with Crippen molar-refractivity contribution in [3.8, 4) is 0 Å². The van der Waals surface area contributed by atoms with Gasteiger partial charge < -0.3 is 4.74 Å². The molecular weight excluding hydrogens is 234 g/mol. The number of alkyl halides is 2. The third-order valence-electron chi connectivity index (χ3n) is 3.37. The van der Waals surface area contributed by atoms with Gasteiger partial charge in [-0.3, -0.25) is 0 Å². The van der Waals surface area contributed by atoms with Gasteiger partial charge in [0.25, 0.3) is 5.92 Å². The Hall–Kier alpha value is -0.440. The van der Waals surface area contributed by atoms with Gasteiger partial charge in [-0.25, -0.2) is 8.78 Å². The molecule has 1 saturated carbocycles. The predicted octanol–water partition coefficient (Wildman–Crippen LogP) is 5.21. The van der Waals surface area contributed by atoms with Crippen LogP contribution in [0.2, 0.25) is 0 Å². The molecule has 1 aliphatic carbocycles. The molecule has 0 aromatic carbocycles. The van der Waals surface area contributed by atoms with E-state index in [-0.39, 0.29) is 5.41 Å². The lowest BCUT2D eigenvalue weighted by Gasteiger charge is -2.27. The molecule has 0 heterocycles. The van der Waals surface area contributed by atoms with Crippen molar-refractivity contribution in [2.75, 3.05) is 13.7 Å². The Morgan fingerprint density at radius 3 is 2.22 bits per heavy atom. The first-order valence-corrected chi connectivity index (χ1v) is 7.02. The zero-order valence-corrected chi connectivity index (χ0v) is 12.3. The summed E-state index contributed by atoms with van der Waals surface area (Å²) in [5, 5.41) is 0. The van der Waals surface area contributed by atoms with E-state index in [9.17, 15) is 8.78 Å². The number of methoxy groups -OCH3 is 1. The molecule has 0 unspecified atom stereocenters. The van der Waals surface area contributed by atoms with Crippen LogP contribution in [0, 0.1) is 5.41 Å². The summed E-state index contributed by atoms with van der Waals surface area (Å²) in [6.07, 6.45) is 9.15. The lowest BCUT2D eigenvalue weighted by molar-refractivity contribution is 0.0735. The van der Waals surface area contributed by atoms with Gasteiger partial charge in [-0.15, -0.1) is 0 Å². The Morgan fingerprint density at radius 1 is 1.22 bits per heavy atom. The monoisotopic (exact) mass is 262 g/mol. The average molecular weight is 262 g/mol. The molecule has 0 aromatic heterocycles. The van der Waals surface area contributed by atoms with Crippen LogP contribution in [0.25, 0.3) is 0 Å². The SMILES string of the molecule is CC.COCC1(CC/C=C/C(C)(F)F)CCCC1. The molecule has 1 rings (SSSR count). The fraction of sp³-hybridized carbons (Fsp3) is 0.867. The Kier molecular flexibility index (Phi) is 8.41. The van der Waals surface area contributed by atoms with Crippen molar-refractivity contribution in [3.63, 3.8) is 0 Å². The lowest BCUT2D eigenvalue weighted by atomic mass is 9.82. The molecule has 0 aromatic rings. The Labute approximate surface area is 111 Å². The molecule has 0 aliphatic heterocycles. The summed E-state index contributed by atoms with van der Waals surface area (Å²) in [7, 11) is 1.72. The first kappa shape index (κ1) is 17.6. The van der Waals surface area contributed by atoms with E-state index >= 15 is 0 Å². The molecule has 1 nitrogen and oxygen atoms in total. The van der Waals surface area contributed by atoms with Crippen molar-refractivity contribution in [1.29, 1.82) is 0 Å². The first-order chi connectivity index (χ1) is 8.47. The van der Waals surface area contributed by atoms with Crippen LogP contribution in [0.4, 0.5) is 8.78 Å². The third kappa shape index (κ3) is 7.10. The first-order valence-electron chi connectivity index (χ1n) is 7.02. The maximum Gasteiger partial charge on any atom is 0.263 e. The molecular formula is C15H28F2O. The summed E-state index contributed by atoms with van der Waals surface area (Å²) in [4.78, 5) is 0. The Bertz CT molecular complexity index is 225. The Morgan fingerprint density at radius 2 is 1.78 bits per heavy atom. The maximum atomic E-state index is 12.6. The summed E-state index contributed by atoms with van der Waals surface area (Å²) in [5.41, 5.74) is 0.252. The van der Waals surface area contributed by atoms with Gasteiger partial charge in [-0.05, 0) is 37.2 Å². The summed E-state index contributed by atoms with van der Waals surface area (Å²) < 4.78 is 30.4. The van der Waals surface area contributed by atoms with Crippen LogP contribution >= 0.6 is 0 Å². The van der Waals surface area contributed by atoms with Crippen LogP contribution in [0.15, 0.2) is 12.2 Å². The van der Waals surface area contributed by atoms with Crippen molar-refractivity contribution in [1.82, 2.24) is 0 Å². The fourth-order valence-corrected chi connectivity index (χ4v) is 2.58. The molecule has 108 valence electrons. The van der Waals surface area contributed by atoms with E-state index in [1.165, 1.54) is 25.7 Å². The fourth-order valence-electron chi connectivity index (χ4n) is 2.58. The normalized spacial score (nSPS) is 18.8. The molecule has 0 spiro atoms. The minimum Gasteiger partial charge on any atom is -0.384 e. The van der Waals surface area contributed by atoms with Gasteiger partial charge >= 0.3 is 0 Å². The van der Waals surface area contributed by atoms with Crippen molar-refractivity contribution in [2.45, 2.75) is 65.2 Å². The second kappa shape index (κ2) is 8.63. The van der Waals surface area contributed by atoms with Gasteiger partial charge in [0, 0.05) is 14.0 Å². The summed E-state index contributed by atoms with van der Waals surface area (Å²) in [6.45, 7) is 5.69. The second-order valence-corrected chi connectivity index (χ2v) is 5.04. The average Bonchev–Trinajstić information content (AvgIpc) is 2.76. The van der Waals surface area contributed by atoms with Crippen LogP contribution < -0.4 is 0 Å². The maximum absolute atomic E-state index is 12.6. The van der Waals surface area contributed by atoms with E-state index in [1.54, 1.807) is 13.2 Å². The van der Waals surface area contributed by atoms with Crippen LogP contribution in [0.1, 0.15) is 59.3 Å². The molecule has 0 N–H and O–H groups in total. The largest absolute Gasteiger partial charge is 0.384 e. The quantitative estimate of drug-likeness (QED) is 0.597. The number of halogens is 2. The number of hydrogen-bond donors (Lipinski definition) is 0. The van der Waals surface area contributed by atoms with Gasteiger partial charge in [0.15, 0.2) is 0 Å². The van der Waals surface area contributed by atoms with Crippen molar-refractivity contribution < 1.29 is 13.5 Å². The molecule has 1 fully saturated rings. The highest BCUT2D eigenvalue weighted by atomic mass is 19.3. The van der Waals surface area contributed by atoms with Crippen LogP contribution in [-0.2, 0) is 4.74 Å². The number of rotatable bonds is 6. The highest BCUT2D eigenvalue weighted by Crippen LogP contribution is 2.42. The van der Waals surface area contributed by atoms with Gasteiger partial charge in [0.05, 0.1) is 6.61 Å². The van der Waals surface area contributed by atoms with E-state index in [0.29, 0.717) is 0 Å². The molecule has 1 aliphatic rings. The zero-order chi connectivity index (χ0) is 14.1. The topological polar surface area (TPSA) is 9.23 Å². The van der Waals surface area contributed by atoms with E-state index in [4.69, 9.17) is 4.74 Å². The minimum absolute atomic E-state index is 0.252. The molecule has 18 heavy (non-hydrogen) atoms. The molecule has 0 radical (unpaired) electrons. The van der Waals surface area contributed by atoms with Crippen LogP contribution in [0.5, 0.6) is 0 Å². The Balaban J connectivity index is 0.00000137. The van der Waals surface area contributed by atoms with Crippen LogP contribution in [-0.4, -0.2) is 19.6 Å². The van der Waals surface area contributed by atoms with Gasteiger partial charge in [0.1, 0.15) is 0 Å². The highest BCUT2D eigenvalue weighted by molar-refractivity contribution is 4.94. The second-order valence-electron chi connectivity index (χ2n) is 5.04. The molecule has 0 atom stereocenters. The van der Waals surface area contributed by atoms with E-state index in [0.717, 1.165) is 32.4 Å². The summed E-state index contributed by atoms with van der Waals surface area (Å²) >= 11 is 0. The summed E-state index contributed by atoms with van der Waals surface area (Å²) in [5.74, 6) is -2.68. The van der Waals surface area contributed by atoms with Crippen molar-refractivity contribution in [3.05, 3.63) is 12.2 Å². The van der Waals surface area contributed by atoms with Gasteiger partial charge in [-0.2, -0.15) is 0 Å². The van der Waals surface area contributed by atoms with Crippen molar-refractivity contribution >= 4 is 0 Å². The number of ether oxygens (including phenoxy) is 1. The van der Waals surface area contributed by atoms with E-state index in [1.807, 2.05) is 13.8 Å². The minimum atomic E-state index is -2.68. The standard InChI is InChI=1S/C13H22F2O.C2H6/c1-12(14,15)7-3-4-8-13(11-16-2)9-5-6-10-13;1-2/h3,7H,4-6,8-11H2,1-2H3;1-2H3/b7-3+;. The van der Waals surface area contributed by atoms with Gasteiger partial charge in [0.2, 0.25) is 0 Å². The zero-order valence-electron chi connectivity index (χ0n) is 12.3. The van der Waals surface area contributed by atoms with Crippen LogP contribution in [0.3, 0.4) is 0 Å². The van der Waals surface area contributed by atoms with Crippen molar-refractivity contribution in [2.24, 2.45) is 5.41 Å². The highest BCUT2D eigenvalue weighted by Gasteiger charge is 2.32. The third-order valence-corrected chi connectivity index (χ3v) is 3.37. The van der Waals surface area contributed by atoms with E-state index in [2.05, 4.69) is 0 Å².